The summed E-state index contributed by atoms with van der Waals surface area (Å²) in [5.41, 5.74) is -0.103. The second kappa shape index (κ2) is 5.57. The summed E-state index contributed by atoms with van der Waals surface area (Å²) in [5, 5.41) is 27.5. The maximum Gasteiger partial charge on any atom is 0.162 e. The molecule has 0 fully saturated rings. The van der Waals surface area contributed by atoms with Gasteiger partial charge in [0.05, 0.1) is 25.7 Å². The molecule has 0 heterocycles. The number of rotatable bonds is 4. The summed E-state index contributed by atoms with van der Waals surface area (Å²) < 4.78 is 30.7. The van der Waals surface area contributed by atoms with Gasteiger partial charge in [0.25, 0.3) is 0 Å². The number of hydrogen-bond acceptors (Lipinski definition) is 4. The normalized spacial score (nSPS) is 13.9. The Morgan fingerprint density at radius 3 is 2.47 bits per heavy atom. The second-order valence-corrected chi connectivity index (χ2v) is 3.38. The maximum atomic E-state index is 13.0. The third-order valence-electron chi connectivity index (χ3n) is 2.26. The van der Waals surface area contributed by atoms with E-state index in [2.05, 4.69) is 0 Å². The highest BCUT2D eigenvalue weighted by atomic mass is 19.2. The lowest BCUT2D eigenvalue weighted by molar-refractivity contribution is 0.0200. The summed E-state index contributed by atoms with van der Waals surface area (Å²) in [6, 6.07) is 3.17. The average molecular weight is 243 g/mol. The Kier molecular flexibility index (Phi) is 4.37. The summed E-state index contributed by atoms with van der Waals surface area (Å²) in [5.74, 6) is -2.37. The molecule has 17 heavy (non-hydrogen) atoms. The molecule has 6 heteroatoms. The second-order valence-electron chi connectivity index (χ2n) is 3.38. The van der Waals surface area contributed by atoms with Crippen molar-refractivity contribution < 1.29 is 23.7 Å². The van der Waals surface area contributed by atoms with Crippen molar-refractivity contribution in [2.75, 3.05) is 7.11 Å². The van der Waals surface area contributed by atoms with Gasteiger partial charge < -0.3 is 14.9 Å². The van der Waals surface area contributed by atoms with Crippen molar-refractivity contribution in [3.8, 4) is 11.8 Å². The van der Waals surface area contributed by atoms with Gasteiger partial charge in [0, 0.05) is 11.6 Å². The fraction of sp³-hybridized carbons (Fsp3) is 0.364. The lowest BCUT2D eigenvalue weighted by Gasteiger charge is -2.18. The lowest BCUT2D eigenvalue weighted by atomic mass is 10.0. The largest absolute Gasteiger partial charge is 0.496 e. The molecule has 1 aromatic rings. The van der Waals surface area contributed by atoms with Gasteiger partial charge in [-0.15, -0.1) is 0 Å². The van der Waals surface area contributed by atoms with Crippen LogP contribution in [0, 0.1) is 23.0 Å². The average Bonchev–Trinajstić information content (AvgIpc) is 2.31. The van der Waals surface area contributed by atoms with Crippen LogP contribution in [-0.2, 0) is 0 Å². The van der Waals surface area contributed by atoms with Crippen LogP contribution < -0.4 is 4.74 Å². The van der Waals surface area contributed by atoms with Gasteiger partial charge in [-0.25, -0.2) is 8.78 Å². The van der Waals surface area contributed by atoms with Crippen LogP contribution in [-0.4, -0.2) is 23.4 Å². The van der Waals surface area contributed by atoms with E-state index in [1.165, 1.54) is 7.11 Å². The third kappa shape index (κ3) is 2.90. The van der Waals surface area contributed by atoms with Crippen LogP contribution in [0.25, 0.3) is 0 Å². The Labute approximate surface area is 96.7 Å². The number of aliphatic hydroxyl groups is 2. The molecule has 2 atom stereocenters. The van der Waals surface area contributed by atoms with Crippen LogP contribution in [0.4, 0.5) is 8.78 Å². The van der Waals surface area contributed by atoms with E-state index in [0.717, 1.165) is 12.1 Å². The smallest absolute Gasteiger partial charge is 0.162 e. The molecule has 92 valence electrons. The van der Waals surface area contributed by atoms with E-state index in [1.54, 1.807) is 6.07 Å². The molecule has 0 saturated carbocycles. The van der Waals surface area contributed by atoms with E-state index in [1.807, 2.05) is 0 Å². The van der Waals surface area contributed by atoms with Crippen LogP contribution in [0.1, 0.15) is 18.1 Å². The summed E-state index contributed by atoms with van der Waals surface area (Å²) in [6.07, 6.45) is -3.23. The lowest BCUT2D eigenvalue weighted by Crippen LogP contribution is -2.18. The quantitative estimate of drug-likeness (QED) is 0.835. The van der Waals surface area contributed by atoms with Gasteiger partial charge in [-0.3, -0.25) is 0 Å². The Morgan fingerprint density at radius 2 is 1.94 bits per heavy atom. The van der Waals surface area contributed by atoms with Crippen LogP contribution >= 0.6 is 0 Å². The van der Waals surface area contributed by atoms with Crippen molar-refractivity contribution in [1.29, 1.82) is 5.26 Å². The Hall–Kier alpha value is -1.71. The number of hydrogen-bond donors (Lipinski definition) is 2. The molecule has 0 spiro atoms. The van der Waals surface area contributed by atoms with Gasteiger partial charge in [-0.1, -0.05) is 0 Å². The van der Waals surface area contributed by atoms with E-state index in [0.29, 0.717) is 0 Å². The first kappa shape index (κ1) is 13.4. The number of methoxy groups -OCH3 is 1. The highest BCUT2D eigenvalue weighted by molar-refractivity contribution is 5.37. The maximum absolute atomic E-state index is 13.0. The summed E-state index contributed by atoms with van der Waals surface area (Å²) in [6.45, 7) is 0. The summed E-state index contributed by atoms with van der Waals surface area (Å²) >= 11 is 0. The van der Waals surface area contributed by atoms with E-state index in [-0.39, 0.29) is 17.7 Å². The molecule has 1 rings (SSSR count). The number of benzene rings is 1. The molecular weight excluding hydrogens is 232 g/mol. The number of nitriles is 1. The van der Waals surface area contributed by atoms with E-state index in [4.69, 9.17) is 10.00 Å². The summed E-state index contributed by atoms with van der Waals surface area (Å²) in [7, 11) is 1.22. The third-order valence-corrected chi connectivity index (χ3v) is 2.26. The molecule has 0 aliphatic rings. The van der Waals surface area contributed by atoms with Crippen molar-refractivity contribution >= 4 is 0 Å². The number of nitrogens with zero attached hydrogens (tertiary/aromatic N) is 1. The van der Waals surface area contributed by atoms with Crippen LogP contribution in [0.2, 0.25) is 0 Å². The minimum absolute atomic E-state index is 0.0895. The predicted molar refractivity (Wildman–Crippen MR) is 54.1 cm³/mol. The molecule has 4 nitrogen and oxygen atoms in total. The topological polar surface area (TPSA) is 73.5 Å². The molecule has 2 N–H and O–H groups in total. The molecule has 0 radical (unpaired) electrons. The highest BCUT2D eigenvalue weighted by Gasteiger charge is 2.23. The van der Waals surface area contributed by atoms with Crippen molar-refractivity contribution in [2.45, 2.75) is 18.6 Å². The molecule has 0 amide bonds. The minimum atomic E-state index is -1.51. The molecule has 0 aromatic heterocycles. The van der Waals surface area contributed by atoms with Crippen molar-refractivity contribution in [3.63, 3.8) is 0 Å². The first-order chi connectivity index (χ1) is 8.01. The van der Waals surface area contributed by atoms with Crippen LogP contribution in [0.5, 0.6) is 5.75 Å². The Morgan fingerprint density at radius 1 is 1.35 bits per heavy atom. The SMILES string of the molecule is COc1cc(F)c(F)cc1C(O)C(O)CC#N. The van der Waals surface area contributed by atoms with Gasteiger partial charge in [-0.05, 0) is 6.07 Å². The fourth-order valence-electron chi connectivity index (χ4n) is 1.36. The van der Waals surface area contributed by atoms with Gasteiger partial charge in [-0.2, -0.15) is 5.26 Å². The van der Waals surface area contributed by atoms with Crippen LogP contribution in [0.15, 0.2) is 12.1 Å². The first-order valence-electron chi connectivity index (χ1n) is 4.77. The molecule has 0 aliphatic heterocycles. The van der Waals surface area contributed by atoms with E-state index >= 15 is 0 Å². The van der Waals surface area contributed by atoms with Crippen molar-refractivity contribution in [2.24, 2.45) is 0 Å². The molecular formula is C11H11F2NO3. The predicted octanol–water partition coefficient (Wildman–Crippen LogP) is 1.28. The molecule has 0 bridgehead atoms. The Bertz CT molecular complexity index is 445. The van der Waals surface area contributed by atoms with E-state index in [9.17, 15) is 19.0 Å². The number of aliphatic hydroxyl groups excluding tert-OH is 2. The zero-order chi connectivity index (χ0) is 13.0. The number of halogens is 2. The molecule has 2 unspecified atom stereocenters. The molecule has 1 aromatic carbocycles. The van der Waals surface area contributed by atoms with Crippen molar-refractivity contribution in [1.82, 2.24) is 0 Å². The van der Waals surface area contributed by atoms with Gasteiger partial charge in [0.1, 0.15) is 11.9 Å². The van der Waals surface area contributed by atoms with Gasteiger partial charge in [0.15, 0.2) is 11.6 Å². The van der Waals surface area contributed by atoms with Gasteiger partial charge >= 0.3 is 0 Å². The zero-order valence-corrected chi connectivity index (χ0v) is 9.02. The fourth-order valence-corrected chi connectivity index (χ4v) is 1.36. The minimum Gasteiger partial charge on any atom is -0.496 e. The van der Waals surface area contributed by atoms with Crippen LogP contribution in [0.3, 0.4) is 0 Å². The van der Waals surface area contributed by atoms with Crippen molar-refractivity contribution in [3.05, 3.63) is 29.3 Å². The zero-order valence-electron chi connectivity index (χ0n) is 9.02. The molecule has 0 saturated heterocycles. The van der Waals surface area contributed by atoms with Gasteiger partial charge in [0.2, 0.25) is 0 Å². The molecule has 0 aliphatic carbocycles. The van der Waals surface area contributed by atoms with E-state index < -0.39 is 23.8 Å². The first-order valence-corrected chi connectivity index (χ1v) is 4.77. The summed E-state index contributed by atoms with van der Waals surface area (Å²) in [4.78, 5) is 0. The Balaban J connectivity index is 3.12. The monoisotopic (exact) mass is 243 g/mol. The standard InChI is InChI=1S/C11H11F2NO3/c1-17-10-5-8(13)7(12)4-6(10)11(16)9(15)2-3-14/h4-5,9,11,15-16H,2H2,1H3. The highest BCUT2D eigenvalue weighted by Crippen LogP contribution is 2.30. The number of ether oxygens (including phenoxy) is 1.